The van der Waals surface area contributed by atoms with Gasteiger partial charge in [0.05, 0.1) is 22.8 Å². The van der Waals surface area contributed by atoms with E-state index in [-0.39, 0.29) is 0 Å². The highest BCUT2D eigenvalue weighted by molar-refractivity contribution is 5.78. The van der Waals surface area contributed by atoms with E-state index in [1.54, 1.807) is 0 Å². The Morgan fingerprint density at radius 3 is 2.13 bits per heavy atom. The van der Waals surface area contributed by atoms with E-state index >= 15 is 0 Å². The fourth-order valence-corrected chi connectivity index (χ4v) is 4.42. The van der Waals surface area contributed by atoms with Gasteiger partial charge in [0, 0.05) is 28.0 Å². The molecule has 3 aliphatic rings. The molecular formula is C26H22N4. The summed E-state index contributed by atoms with van der Waals surface area (Å²) in [7, 11) is 0. The number of allylic oxidation sites excluding steroid dienone is 2. The molecule has 5 heterocycles. The Labute approximate surface area is 174 Å². The molecule has 1 atom stereocenters. The summed E-state index contributed by atoms with van der Waals surface area (Å²) in [6.07, 6.45) is 16.5. The van der Waals surface area contributed by atoms with E-state index < -0.39 is 0 Å². The quantitative estimate of drug-likeness (QED) is 0.322. The Kier molecular flexibility index (Phi) is 4.01. The van der Waals surface area contributed by atoms with Gasteiger partial charge in [0.15, 0.2) is 0 Å². The highest BCUT2D eigenvalue weighted by Gasteiger charge is 2.15. The summed E-state index contributed by atoms with van der Waals surface area (Å²) in [5.41, 5.74) is 9.44. The van der Waals surface area contributed by atoms with E-state index in [1.807, 2.05) is 18.2 Å². The SMILES string of the molecule is C1=CC(c2cc3cc4ccc(cc5nc(cc6nc(cc2[nH]3)C=C6)C=C5)[nH]4)CCC1. The predicted octanol–water partition coefficient (Wildman–Crippen LogP) is 6.48. The van der Waals surface area contributed by atoms with Crippen LogP contribution in [0.15, 0.2) is 54.6 Å². The summed E-state index contributed by atoms with van der Waals surface area (Å²) in [5.74, 6) is 0.450. The van der Waals surface area contributed by atoms with Crippen molar-refractivity contribution in [1.29, 1.82) is 0 Å². The van der Waals surface area contributed by atoms with Gasteiger partial charge < -0.3 is 9.97 Å². The van der Waals surface area contributed by atoms with E-state index in [4.69, 9.17) is 4.98 Å². The van der Waals surface area contributed by atoms with Crippen LogP contribution in [-0.4, -0.2) is 19.9 Å². The molecule has 0 saturated heterocycles. The minimum Gasteiger partial charge on any atom is -0.355 e. The van der Waals surface area contributed by atoms with E-state index in [2.05, 4.69) is 75.7 Å². The molecule has 4 heteroatoms. The van der Waals surface area contributed by atoms with Gasteiger partial charge in [0.1, 0.15) is 0 Å². The number of nitrogens with zero attached hydrogens (tertiary/aromatic N) is 2. The molecule has 0 aromatic carbocycles. The molecule has 1 aliphatic carbocycles. The molecular weight excluding hydrogens is 368 g/mol. The molecule has 30 heavy (non-hydrogen) atoms. The Morgan fingerprint density at radius 1 is 0.700 bits per heavy atom. The summed E-state index contributed by atoms with van der Waals surface area (Å²) >= 11 is 0. The minimum absolute atomic E-state index is 0.450. The molecule has 4 nitrogen and oxygen atoms in total. The summed E-state index contributed by atoms with van der Waals surface area (Å²) in [6, 6.07) is 14.9. The van der Waals surface area contributed by atoms with Crippen LogP contribution in [0.25, 0.3) is 46.4 Å². The number of H-pyrrole nitrogens is 2. The largest absolute Gasteiger partial charge is 0.355 e. The van der Waals surface area contributed by atoms with E-state index in [1.165, 1.54) is 24.8 Å². The van der Waals surface area contributed by atoms with Gasteiger partial charge in [0.2, 0.25) is 0 Å². The molecule has 0 fully saturated rings. The lowest BCUT2D eigenvalue weighted by atomic mass is 9.90. The monoisotopic (exact) mass is 390 g/mol. The molecule has 3 aromatic heterocycles. The number of fused-ring (bicyclic) bond motifs is 8. The lowest BCUT2D eigenvalue weighted by Crippen LogP contribution is -1.98. The van der Waals surface area contributed by atoms with E-state index in [9.17, 15) is 0 Å². The van der Waals surface area contributed by atoms with Crippen LogP contribution in [0.2, 0.25) is 0 Å². The van der Waals surface area contributed by atoms with Gasteiger partial charge in [0.25, 0.3) is 0 Å². The maximum absolute atomic E-state index is 4.79. The Bertz CT molecular complexity index is 1380. The number of hydrogen-bond donors (Lipinski definition) is 2. The molecule has 3 aromatic rings. The van der Waals surface area contributed by atoms with Gasteiger partial charge in [-0.1, -0.05) is 12.2 Å². The van der Waals surface area contributed by atoms with Gasteiger partial charge in [-0.2, -0.15) is 0 Å². The number of aromatic amines is 2. The van der Waals surface area contributed by atoms with Crippen molar-refractivity contribution in [3.63, 3.8) is 0 Å². The Balaban J connectivity index is 1.64. The van der Waals surface area contributed by atoms with Crippen LogP contribution in [0.4, 0.5) is 0 Å². The highest BCUT2D eigenvalue weighted by atomic mass is 14.8. The van der Waals surface area contributed by atoms with Crippen molar-refractivity contribution in [3.05, 3.63) is 83.0 Å². The van der Waals surface area contributed by atoms with Crippen molar-refractivity contribution in [2.24, 2.45) is 0 Å². The van der Waals surface area contributed by atoms with Crippen LogP contribution in [-0.2, 0) is 0 Å². The van der Waals surface area contributed by atoms with Gasteiger partial charge >= 0.3 is 0 Å². The fraction of sp³-hybridized carbons (Fsp3) is 0.154. The van der Waals surface area contributed by atoms with Crippen LogP contribution in [0.1, 0.15) is 53.5 Å². The van der Waals surface area contributed by atoms with Crippen molar-refractivity contribution in [2.45, 2.75) is 25.2 Å². The second kappa shape index (κ2) is 6.99. The second-order valence-electron chi connectivity index (χ2n) is 8.10. The molecule has 8 bridgehead atoms. The summed E-state index contributed by atoms with van der Waals surface area (Å²) in [6.45, 7) is 0. The zero-order chi connectivity index (χ0) is 19.9. The van der Waals surface area contributed by atoms with Crippen LogP contribution in [0.5, 0.6) is 0 Å². The molecule has 146 valence electrons. The predicted molar refractivity (Wildman–Crippen MR) is 125 cm³/mol. The third-order valence-electron chi connectivity index (χ3n) is 5.85. The zero-order valence-electron chi connectivity index (χ0n) is 16.6. The van der Waals surface area contributed by atoms with Crippen molar-refractivity contribution in [3.8, 4) is 0 Å². The van der Waals surface area contributed by atoms with E-state index in [0.29, 0.717) is 5.92 Å². The second-order valence-corrected chi connectivity index (χ2v) is 8.10. The highest BCUT2D eigenvalue weighted by Crippen LogP contribution is 2.32. The summed E-state index contributed by atoms with van der Waals surface area (Å²) in [4.78, 5) is 16.6. The normalized spacial score (nSPS) is 17.5. The van der Waals surface area contributed by atoms with Gasteiger partial charge in [-0.3, -0.25) is 0 Å². The van der Waals surface area contributed by atoms with Gasteiger partial charge in [-0.05, 0) is 91.6 Å². The number of hydrogen-bond acceptors (Lipinski definition) is 2. The Morgan fingerprint density at radius 2 is 1.40 bits per heavy atom. The molecule has 0 amide bonds. The summed E-state index contributed by atoms with van der Waals surface area (Å²) < 4.78 is 0. The van der Waals surface area contributed by atoms with Crippen LogP contribution < -0.4 is 0 Å². The van der Waals surface area contributed by atoms with Crippen LogP contribution >= 0.6 is 0 Å². The first-order chi connectivity index (χ1) is 14.8. The number of nitrogens with one attached hydrogen (secondary N) is 2. The van der Waals surface area contributed by atoms with Crippen molar-refractivity contribution >= 4 is 46.4 Å². The molecule has 0 radical (unpaired) electrons. The summed E-state index contributed by atoms with van der Waals surface area (Å²) in [5, 5.41) is 0. The van der Waals surface area contributed by atoms with Crippen LogP contribution in [0, 0.1) is 0 Å². The van der Waals surface area contributed by atoms with Crippen LogP contribution in [0.3, 0.4) is 0 Å². The average molecular weight is 390 g/mol. The topological polar surface area (TPSA) is 57.4 Å². The smallest absolute Gasteiger partial charge is 0.0659 e. The molecule has 6 rings (SSSR count). The zero-order valence-corrected chi connectivity index (χ0v) is 16.6. The third-order valence-corrected chi connectivity index (χ3v) is 5.85. The van der Waals surface area contributed by atoms with Gasteiger partial charge in [-0.25, -0.2) is 9.97 Å². The first kappa shape index (κ1) is 17.2. The average Bonchev–Trinajstić information content (AvgIpc) is 3.53. The molecule has 1 unspecified atom stereocenters. The third kappa shape index (κ3) is 3.30. The maximum Gasteiger partial charge on any atom is 0.0659 e. The first-order valence-electron chi connectivity index (χ1n) is 10.5. The number of aromatic nitrogens is 4. The minimum atomic E-state index is 0.450. The first-order valence-corrected chi connectivity index (χ1v) is 10.5. The molecule has 2 N–H and O–H groups in total. The van der Waals surface area contributed by atoms with Crippen molar-refractivity contribution < 1.29 is 0 Å². The molecule has 0 spiro atoms. The Hall–Kier alpha value is -3.66. The van der Waals surface area contributed by atoms with E-state index in [0.717, 1.165) is 44.8 Å². The lowest BCUT2D eigenvalue weighted by Gasteiger charge is -2.15. The standard InChI is InChI=1S/C26H22N4/c1-2-4-17(5-3-1)25-15-24-14-22-9-8-20(28-22)12-18-6-7-19(27-18)13-21-10-11-23(29-21)16-26(25)30-24/h2,4,6-17,28,30H,1,3,5H2. The molecule has 2 aliphatic heterocycles. The maximum atomic E-state index is 4.79. The number of rotatable bonds is 1. The lowest BCUT2D eigenvalue weighted by molar-refractivity contribution is 0.658. The fourth-order valence-electron chi connectivity index (χ4n) is 4.42. The van der Waals surface area contributed by atoms with Gasteiger partial charge in [-0.15, -0.1) is 0 Å². The van der Waals surface area contributed by atoms with Crippen molar-refractivity contribution in [1.82, 2.24) is 19.9 Å². The molecule has 0 saturated carbocycles. The van der Waals surface area contributed by atoms with Crippen molar-refractivity contribution in [2.75, 3.05) is 0 Å².